The van der Waals surface area contributed by atoms with Crippen LogP contribution in [-0.4, -0.2) is 84.9 Å². The number of hydrogen-bond acceptors (Lipinski definition) is 7. The van der Waals surface area contributed by atoms with Crippen molar-refractivity contribution in [2.75, 3.05) is 46.3 Å². The summed E-state index contributed by atoms with van der Waals surface area (Å²) in [6.45, 7) is 3.64. The molecule has 0 radical (unpaired) electrons. The summed E-state index contributed by atoms with van der Waals surface area (Å²) < 4.78 is 33.0. The minimum atomic E-state index is -3.53. The van der Waals surface area contributed by atoms with Gasteiger partial charge in [0.1, 0.15) is 0 Å². The molecule has 5 rings (SSSR count). The number of likely N-dealkylation sites (tertiary alicyclic amines) is 1. The molecule has 0 saturated carbocycles. The van der Waals surface area contributed by atoms with E-state index in [9.17, 15) is 13.2 Å². The summed E-state index contributed by atoms with van der Waals surface area (Å²) in [6, 6.07) is 15.9. The van der Waals surface area contributed by atoms with Crippen LogP contribution in [0, 0.1) is 0 Å². The number of nitrogens with zero attached hydrogens (tertiary/aromatic N) is 5. The first-order valence-electron chi connectivity index (χ1n) is 11.9. The highest BCUT2D eigenvalue weighted by atomic mass is 32.2. The lowest BCUT2D eigenvalue weighted by molar-refractivity contribution is 0.0695. The summed E-state index contributed by atoms with van der Waals surface area (Å²) in [4.78, 5) is 21.6. The van der Waals surface area contributed by atoms with Crippen molar-refractivity contribution >= 4 is 15.9 Å². The van der Waals surface area contributed by atoms with E-state index in [4.69, 9.17) is 4.52 Å². The first-order chi connectivity index (χ1) is 16.9. The van der Waals surface area contributed by atoms with E-state index in [1.54, 1.807) is 24.3 Å². The van der Waals surface area contributed by atoms with Crippen LogP contribution in [0.4, 0.5) is 0 Å². The van der Waals surface area contributed by atoms with Crippen LogP contribution in [0.3, 0.4) is 0 Å². The molecular formula is C25H29N5O4S. The number of hydrogen-bond donors (Lipinski definition) is 0. The number of carbonyl (C=O) groups is 1. The maximum Gasteiger partial charge on any atom is 0.253 e. The van der Waals surface area contributed by atoms with Gasteiger partial charge in [0.15, 0.2) is 0 Å². The Morgan fingerprint density at radius 1 is 0.971 bits per heavy atom. The first-order valence-corrected chi connectivity index (χ1v) is 13.3. The van der Waals surface area contributed by atoms with Crippen LogP contribution in [0.2, 0.25) is 0 Å². The lowest BCUT2D eigenvalue weighted by Gasteiger charge is -2.31. The van der Waals surface area contributed by atoms with Crippen molar-refractivity contribution in [3.05, 3.63) is 66.1 Å². The van der Waals surface area contributed by atoms with Crippen LogP contribution in [0.1, 0.15) is 35.0 Å². The molecule has 184 valence electrons. The lowest BCUT2D eigenvalue weighted by atomic mass is 9.97. The Morgan fingerprint density at radius 2 is 1.69 bits per heavy atom. The fourth-order valence-corrected chi connectivity index (χ4v) is 6.02. The Labute approximate surface area is 205 Å². The van der Waals surface area contributed by atoms with Gasteiger partial charge in [0, 0.05) is 50.4 Å². The van der Waals surface area contributed by atoms with E-state index in [0.717, 1.165) is 25.9 Å². The van der Waals surface area contributed by atoms with Crippen molar-refractivity contribution in [1.29, 1.82) is 0 Å². The van der Waals surface area contributed by atoms with Crippen molar-refractivity contribution < 1.29 is 17.7 Å². The van der Waals surface area contributed by atoms with Crippen molar-refractivity contribution in [1.82, 2.24) is 24.2 Å². The van der Waals surface area contributed by atoms with Gasteiger partial charge in [-0.15, -0.1) is 0 Å². The molecule has 0 aliphatic carbocycles. The summed E-state index contributed by atoms with van der Waals surface area (Å²) in [6.07, 6.45) is 1.72. The fraction of sp³-hybridized carbons (Fsp3) is 0.400. The van der Waals surface area contributed by atoms with Gasteiger partial charge in [-0.2, -0.15) is 9.29 Å². The fourth-order valence-electron chi connectivity index (χ4n) is 4.60. The zero-order valence-electron chi connectivity index (χ0n) is 19.7. The molecule has 0 spiro atoms. The van der Waals surface area contributed by atoms with Gasteiger partial charge in [-0.05, 0) is 56.3 Å². The van der Waals surface area contributed by atoms with Gasteiger partial charge >= 0.3 is 0 Å². The molecule has 2 fully saturated rings. The zero-order valence-corrected chi connectivity index (χ0v) is 20.5. The third-order valence-electron chi connectivity index (χ3n) is 6.73. The number of benzene rings is 2. The monoisotopic (exact) mass is 495 g/mol. The Hall–Kier alpha value is -3.08. The molecule has 1 aromatic heterocycles. The van der Waals surface area contributed by atoms with Crippen LogP contribution in [0.25, 0.3) is 11.4 Å². The number of amides is 1. The number of sulfonamides is 1. The quantitative estimate of drug-likeness (QED) is 0.537. The predicted octanol–water partition coefficient (Wildman–Crippen LogP) is 2.69. The van der Waals surface area contributed by atoms with Crippen LogP contribution in [0.5, 0.6) is 0 Å². The van der Waals surface area contributed by atoms with E-state index in [2.05, 4.69) is 15.0 Å². The summed E-state index contributed by atoms with van der Waals surface area (Å²) >= 11 is 0. The van der Waals surface area contributed by atoms with Crippen LogP contribution < -0.4 is 0 Å². The largest absolute Gasteiger partial charge is 0.339 e. The van der Waals surface area contributed by atoms with Crippen molar-refractivity contribution in [2.24, 2.45) is 0 Å². The molecule has 3 heterocycles. The van der Waals surface area contributed by atoms with E-state index in [0.29, 0.717) is 49.0 Å². The molecule has 0 unspecified atom stereocenters. The van der Waals surface area contributed by atoms with Crippen molar-refractivity contribution in [3.63, 3.8) is 0 Å². The second kappa shape index (κ2) is 9.88. The third kappa shape index (κ3) is 5.00. The highest BCUT2D eigenvalue weighted by Crippen LogP contribution is 2.29. The number of carbonyl (C=O) groups excluding carboxylic acids is 1. The molecule has 1 atom stereocenters. The van der Waals surface area contributed by atoms with Gasteiger partial charge in [0.2, 0.25) is 21.7 Å². The Bertz CT molecular complexity index is 1270. The maximum absolute atomic E-state index is 13.0. The van der Waals surface area contributed by atoms with Crippen LogP contribution in [0.15, 0.2) is 64.0 Å². The molecule has 2 aliphatic rings. The summed E-state index contributed by atoms with van der Waals surface area (Å²) in [7, 11) is -1.54. The summed E-state index contributed by atoms with van der Waals surface area (Å²) in [5, 5.41) is 4.12. The van der Waals surface area contributed by atoms with Gasteiger partial charge in [-0.25, -0.2) is 8.42 Å². The molecule has 0 N–H and O–H groups in total. The Morgan fingerprint density at radius 3 is 2.40 bits per heavy atom. The summed E-state index contributed by atoms with van der Waals surface area (Å²) in [5.74, 6) is 0.886. The highest BCUT2D eigenvalue weighted by molar-refractivity contribution is 7.89. The van der Waals surface area contributed by atoms with E-state index < -0.39 is 10.0 Å². The number of likely N-dealkylation sites (N-methyl/N-ethyl adjacent to an activating group) is 1. The van der Waals surface area contributed by atoms with Crippen molar-refractivity contribution in [2.45, 2.75) is 23.7 Å². The predicted molar refractivity (Wildman–Crippen MR) is 130 cm³/mol. The number of piperazine rings is 1. The molecular weight excluding hydrogens is 466 g/mol. The maximum atomic E-state index is 13.0. The van der Waals surface area contributed by atoms with Crippen LogP contribution in [-0.2, 0) is 10.0 Å². The zero-order chi connectivity index (χ0) is 24.4. The van der Waals surface area contributed by atoms with Gasteiger partial charge in [-0.1, -0.05) is 23.4 Å². The molecule has 0 bridgehead atoms. The van der Waals surface area contributed by atoms with Gasteiger partial charge in [0.25, 0.3) is 5.91 Å². The van der Waals surface area contributed by atoms with E-state index >= 15 is 0 Å². The first kappa shape index (κ1) is 23.7. The molecule has 3 aromatic rings. The van der Waals surface area contributed by atoms with Crippen molar-refractivity contribution in [3.8, 4) is 11.4 Å². The Balaban J connectivity index is 1.27. The molecule has 1 amide bonds. The average molecular weight is 496 g/mol. The van der Waals surface area contributed by atoms with Gasteiger partial charge in [0.05, 0.1) is 10.8 Å². The molecule has 2 aromatic carbocycles. The average Bonchev–Trinajstić information content (AvgIpc) is 3.40. The molecule has 10 heteroatoms. The van der Waals surface area contributed by atoms with Crippen LogP contribution >= 0.6 is 0 Å². The number of aromatic nitrogens is 2. The second-order valence-electron chi connectivity index (χ2n) is 9.14. The van der Waals surface area contributed by atoms with E-state index in [1.807, 2.05) is 42.3 Å². The molecule has 2 saturated heterocycles. The number of piperidine rings is 1. The topological polar surface area (TPSA) is 99.9 Å². The van der Waals surface area contributed by atoms with Gasteiger partial charge < -0.3 is 14.3 Å². The minimum Gasteiger partial charge on any atom is -0.339 e. The second-order valence-corrected chi connectivity index (χ2v) is 11.1. The normalized spacial score (nSPS) is 20.1. The lowest BCUT2D eigenvalue weighted by Crippen LogP contribution is -2.46. The van der Waals surface area contributed by atoms with E-state index in [1.165, 1.54) is 4.31 Å². The summed E-state index contributed by atoms with van der Waals surface area (Å²) in [5.41, 5.74) is 1.36. The Kier molecular flexibility index (Phi) is 6.68. The molecule has 9 nitrogen and oxygen atoms in total. The number of rotatable bonds is 5. The SMILES string of the molecule is CN1CCN(S(=O)(=O)c2ccc(-c3noc([C@@H]4CCCN(C(=O)c5ccccc5)C4)n3)cc2)CC1. The smallest absolute Gasteiger partial charge is 0.253 e. The molecule has 2 aliphatic heterocycles. The van der Waals surface area contributed by atoms with E-state index in [-0.39, 0.29) is 16.7 Å². The third-order valence-corrected chi connectivity index (χ3v) is 8.65. The van der Waals surface area contributed by atoms with Gasteiger partial charge in [-0.3, -0.25) is 4.79 Å². The highest BCUT2D eigenvalue weighted by Gasteiger charge is 2.30. The molecule has 35 heavy (non-hydrogen) atoms. The minimum absolute atomic E-state index is 0.00665. The standard InChI is InChI=1S/C25H29N5O4S/c1-28-14-16-30(17-15-28)35(32,33)22-11-9-19(10-12-22)23-26-24(34-27-23)21-8-5-13-29(18-21)25(31)20-6-3-2-4-7-20/h2-4,6-7,9-12,21H,5,8,13-18H2,1H3/t21-/m1/s1.